The number of hydrogen-bond donors (Lipinski definition) is 2. The number of amides is 3. The van der Waals surface area contributed by atoms with Crippen molar-refractivity contribution in [3.63, 3.8) is 0 Å². The van der Waals surface area contributed by atoms with Crippen LogP contribution in [0.15, 0.2) is 29.2 Å². The van der Waals surface area contributed by atoms with Gasteiger partial charge in [0.2, 0.25) is 10.0 Å². The van der Waals surface area contributed by atoms with E-state index in [0.29, 0.717) is 18.2 Å². The number of carbonyl (C=O) groups is 2. The van der Waals surface area contributed by atoms with Gasteiger partial charge in [0.25, 0.3) is 0 Å². The molecule has 28 heavy (non-hydrogen) atoms. The molecule has 0 atom stereocenters. The number of piperazine rings is 1. The summed E-state index contributed by atoms with van der Waals surface area (Å²) in [6, 6.07) is 5.70. The maximum Gasteiger partial charge on any atom is 0.409 e. The lowest BCUT2D eigenvalue weighted by Gasteiger charge is -2.33. The fraction of sp³-hybridized carbons (Fsp3) is 0.556. The van der Waals surface area contributed by atoms with E-state index in [1.165, 1.54) is 21.3 Å². The summed E-state index contributed by atoms with van der Waals surface area (Å²) in [7, 11) is -3.66. The minimum Gasteiger partial charge on any atom is -0.450 e. The van der Waals surface area contributed by atoms with E-state index in [0.717, 1.165) is 0 Å². The van der Waals surface area contributed by atoms with E-state index >= 15 is 0 Å². The second kappa shape index (κ2) is 9.74. The smallest absolute Gasteiger partial charge is 0.409 e. The van der Waals surface area contributed by atoms with Gasteiger partial charge < -0.3 is 20.3 Å². The van der Waals surface area contributed by atoms with E-state index in [1.54, 1.807) is 19.1 Å². The number of benzene rings is 1. The highest BCUT2D eigenvalue weighted by atomic mass is 32.2. The van der Waals surface area contributed by atoms with Crippen LogP contribution >= 0.6 is 0 Å². The molecule has 9 nitrogen and oxygen atoms in total. The molecule has 0 aliphatic carbocycles. The zero-order chi connectivity index (χ0) is 20.7. The molecule has 3 amide bonds. The van der Waals surface area contributed by atoms with Crippen molar-refractivity contribution in [2.75, 3.05) is 44.6 Å². The summed E-state index contributed by atoms with van der Waals surface area (Å²) in [6.45, 7) is 7.53. The third kappa shape index (κ3) is 5.83. The van der Waals surface area contributed by atoms with E-state index < -0.39 is 16.1 Å². The summed E-state index contributed by atoms with van der Waals surface area (Å²) in [5, 5.41) is 5.40. The van der Waals surface area contributed by atoms with Crippen LogP contribution in [0.25, 0.3) is 0 Å². The Labute approximate surface area is 166 Å². The molecule has 0 aromatic heterocycles. The van der Waals surface area contributed by atoms with Crippen molar-refractivity contribution < 1.29 is 22.7 Å². The molecule has 1 aliphatic heterocycles. The number of hydrogen-bond acceptors (Lipinski definition) is 5. The average Bonchev–Trinajstić information content (AvgIpc) is 2.67. The Kier molecular flexibility index (Phi) is 7.64. The molecule has 0 bridgehead atoms. The number of nitrogens with one attached hydrogen (secondary N) is 2. The van der Waals surface area contributed by atoms with E-state index in [2.05, 4.69) is 10.6 Å². The predicted molar refractivity (Wildman–Crippen MR) is 106 cm³/mol. The van der Waals surface area contributed by atoms with Crippen molar-refractivity contribution in [1.82, 2.24) is 14.5 Å². The Morgan fingerprint density at radius 2 is 1.71 bits per heavy atom. The molecule has 1 fully saturated rings. The summed E-state index contributed by atoms with van der Waals surface area (Å²) in [4.78, 5) is 25.2. The Hall–Kier alpha value is -2.33. The van der Waals surface area contributed by atoms with Gasteiger partial charge in [-0.05, 0) is 37.1 Å². The quantitative estimate of drug-likeness (QED) is 0.742. The molecule has 1 aliphatic rings. The minimum atomic E-state index is -3.66. The van der Waals surface area contributed by atoms with Crippen LogP contribution in [0.2, 0.25) is 0 Å². The van der Waals surface area contributed by atoms with Gasteiger partial charge in [0.15, 0.2) is 0 Å². The second-order valence-corrected chi connectivity index (χ2v) is 8.78. The number of rotatable bonds is 6. The zero-order valence-electron chi connectivity index (χ0n) is 16.5. The van der Waals surface area contributed by atoms with Crippen molar-refractivity contribution in [2.45, 2.75) is 25.7 Å². The summed E-state index contributed by atoms with van der Waals surface area (Å²) in [6.07, 6.45) is -0.425. The van der Waals surface area contributed by atoms with Crippen LogP contribution in [0.4, 0.5) is 15.3 Å². The van der Waals surface area contributed by atoms with Crippen LogP contribution in [0.5, 0.6) is 0 Å². The SMILES string of the molecule is CCOC(=O)N1CCN(S(=O)(=O)c2ccc(NC(=O)NCC(C)C)cc2)CC1. The first-order chi connectivity index (χ1) is 13.2. The summed E-state index contributed by atoms with van der Waals surface area (Å²) >= 11 is 0. The standard InChI is InChI=1S/C18H28N4O5S/c1-4-27-18(24)21-9-11-22(12-10-21)28(25,26)16-7-5-15(6-8-16)20-17(23)19-13-14(2)3/h5-8,14H,4,9-13H2,1-3H3,(H2,19,20,23). The molecule has 0 spiro atoms. The van der Waals surface area contributed by atoms with Gasteiger partial charge in [-0.2, -0.15) is 4.31 Å². The molecule has 0 saturated carbocycles. The average molecular weight is 413 g/mol. The first-order valence-corrected chi connectivity index (χ1v) is 10.7. The maximum absolute atomic E-state index is 12.8. The number of ether oxygens (including phenoxy) is 1. The molecule has 1 aromatic rings. The third-order valence-corrected chi connectivity index (χ3v) is 6.10. The molecule has 0 radical (unpaired) electrons. The van der Waals surface area contributed by atoms with Crippen molar-refractivity contribution in [1.29, 1.82) is 0 Å². The van der Waals surface area contributed by atoms with Crippen molar-refractivity contribution in [3.05, 3.63) is 24.3 Å². The van der Waals surface area contributed by atoms with E-state index in [4.69, 9.17) is 4.74 Å². The van der Waals surface area contributed by atoms with Gasteiger partial charge in [0.05, 0.1) is 11.5 Å². The zero-order valence-corrected chi connectivity index (χ0v) is 17.3. The fourth-order valence-corrected chi connectivity index (χ4v) is 4.08. The summed E-state index contributed by atoms with van der Waals surface area (Å²) < 4.78 is 31.9. The van der Waals surface area contributed by atoms with Gasteiger partial charge in [0, 0.05) is 38.4 Å². The van der Waals surface area contributed by atoms with Crippen LogP contribution in [-0.4, -0.2) is 69.1 Å². The molecule has 2 rings (SSSR count). The third-order valence-electron chi connectivity index (χ3n) is 4.19. The van der Waals surface area contributed by atoms with Crippen LogP contribution in [0.3, 0.4) is 0 Å². The van der Waals surface area contributed by atoms with Crippen molar-refractivity contribution in [3.8, 4) is 0 Å². The van der Waals surface area contributed by atoms with Crippen molar-refractivity contribution in [2.24, 2.45) is 5.92 Å². The number of sulfonamides is 1. The van der Waals surface area contributed by atoms with Gasteiger partial charge in [-0.3, -0.25) is 0 Å². The molecule has 0 unspecified atom stereocenters. The topological polar surface area (TPSA) is 108 Å². The largest absolute Gasteiger partial charge is 0.450 e. The number of anilines is 1. The Morgan fingerprint density at radius 3 is 2.25 bits per heavy atom. The van der Waals surface area contributed by atoms with Crippen LogP contribution in [0, 0.1) is 5.92 Å². The Morgan fingerprint density at radius 1 is 1.11 bits per heavy atom. The minimum absolute atomic E-state index is 0.144. The maximum atomic E-state index is 12.8. The first-order valence-electron chi connectivity index (χ1n) is 9.30. The van der Waals surface area contributed by atoms with E-state index in [-0.39, 0.29) is 43.7 Å². The lowest BCUT2D eigenvalue weighted by Crippen LogP contribution is -2.50. The van der Waals surface area contributed by atoms with Gasteiger partial charge in [-0.1, -0.05) is 13.8 Å². The van der Waals surface area contributed by atoms with Crippen LogP contribution < -0.4 is 10.6 Å². The normalized spacial score (nSPS) is 15.4. The van der Waals surface area contributed by atoms with Gasteiger partial charge in [-0.15, -0.1) is 0 Å². The molecule has 2 N–H and O–H groups in total. The van der Waals surface area contributed by atoms with Crippen LogP contribution in [0.1, 0.15) is 20.8 Å². The second-order valence-electron chi connectivity index (χ2n) is 6.84. The van der Waals surface area contributed by atoms with Gasteiger partial charge >= 0.3 is 12.1 Å². The first kappa shape index (κ1) is 22.0. The predicted octanol–water partition coefficient (Wildman–Crippen LogP) is 1.93. The van der Waals surface area contributed by atoms with Gasteiger partial charge in [-0.25, -0.2) is 18.0 Å². The highest BCUT2D eigenvalue weighted by Crippen LogP contribution is 2.20. The molecule has 10 heteroatoms. The molecule has 1 saturated heterocycles. The molecular formula is C18H28N4O5S. The lowest BCUT2D eigenvalue weighted by molar-refractivity contribution is 0.0934. The van der Waals surface area contributed by atoms with E-state index in [9.17, 15) is 18.0 Å². The molecule has 156 valence electrons. The Bertz CT molecular complexity index is 772. The van der Waals surface area contributed by atoms with E-state index in [1.807, 2.05) is 13.8 Å². The number of nitrogens with zero attached hydrogens (tertiary/aromatic N) is 2. The van der Waals surface area contributed by atoms with Crippen molar-refractivity contribution >= 4 is 27.8 Å². The number of carbonyl (C=O) groups excluding carboxylic acids is 2. The summed E-state index contributed by atoms with van der Waals surface area (Å²) in [5.41, 5.74) is 0.507. The molecule has 1 heterocycles. The summed E-state index contributed by atoms with van der Waals surface area (Å²) in [5.74, 6) is 0.336. The highest BCUT2D eigenvalue weighted by molar-refractivity contribution is 7.89. The lowest BCUT2D eigenvalue weighted by atomic mass is 10.2. The number of urea groups is 1. The van der Waals surface area contributed by atoms with Gasteiger partial charge in [0.1, 0.15) is 0 Å². The van der Waals surface area contributed by atoms with Crippen LogP contribution in [-0.2, 0) is 14.8 Å². The molecular weight excluding hydrogens is 384 g/mol. The monoisotopic (exact) mass is 412 g/mol. The highest BCUT2D eigenvalue weighted by Gasteiger charge is 2.30. The Balaban J connectivity index is 1.95. The molecule has 1 aromatic carbocycles. The fourth-order valence-electron chi connectivity index (χ4n) is 2.66.